The number of aliphatic hydroxyl groups excluding tert-OH is 1. The van der Waals surface area contributed by atoms with Crippen molar-refractivity contribution in [1.29, 1.82) is 0 Å². The normalized spacial score (nSPS) is 30.3. The summed E-state index contributed by atoms with van der Waals surface area (Å²) in [6.07, 6.45) is 1.49. The summed E-state index contributed by atoms with van der Waals surface area (Å²) in [5.41, 5.74) is -0.541. The van der Waals surface area contributed by atoms with Crippen LogP contribution in [0.15, 0.2) is 4.52 Å². The molecule has 2 saturated heterocycles. The van der Waals surface area contributed by atoms with Crippen LogP contribution in [0.3, 0.4) is 0 Å². The van der Waals surface area contributed by atoms with Crippen LogP contribution >= 0.6 is 0 Å². The van der Waals surface area contributed by atoms with Crippen LogP contribution in [0.5, 0.6) is 0 Å². The fourth-order valence-corrected chi connectivity index (χ4v) is 2.75. The summed E-state index contributed by atoms with van der Waals surface area (Å²) in [7, 11) is 1.65. The molecular weight excluding hydrogens is 264 g/mol. The zero-order valence-corrected chi connectivity index (χ0v) is 11.6. The van der Waals surface area contributed by atoms with Gasteiger partial charge >= 0.3 is 0 Å². The molecule has 0 spiro atoms. The van der Waals surface area contributed by atoms with Crippen molar-refractivity contribution in [3.63, 3.8) is 0 Å². The van der Waals surface area contributed by atoms with Crippen LogP contribution in [-0.4, -0.2) is 54.9 Å². The van der Waals surface area contributed by atoms with Gasteiger partial charge < -0.3 is 23.8 Å². The molecule has 0 radical (unpaired) electrons. The molecule has 0 aromatic carbocycles. The number of methoxy groups -OCH3 is 1. The van der Waals surface area contributed by atoms with Gasteiger partial charge in [-0.3, -0.25) is 0 Å². The summed E-state index contributed by atoms with van der Waals surface area (Å²) >= 11 is 0. The number of ether oxygens (including phenoxy) is 3. The molecule has 2 atom stereocenters. The topological polar surface area (TPSA) is 86.8 Å². The molecule has 0 aliphatic carbocycles. The van der Waals surface area contributed by atoms with Gasteiger partial charge in [-0.1, -0.05) is 5.16 Å². The Morgan fingerprint density at radius 1 is 1.25 bits per heavy atom. The van der Waals surface area contributed by atoms with Gasteiger partial charge in [0.15, 0.2) is 0 Å². The van der Waals surface area contributed by atoms with Gasteiger partial charge in [0.1, 0.15) is 5.60 Å². The van der Waals surface area contributed by atoms with Gasteiger partial charge in [-0.05, 0) is 6.42 Å². The van der Waals surface area contributed by atoms with E-state index in [9.17, 15) is 5.11 Å². The Bertz CT molecular complexity index is 444. The lowest BCUT2D eigenvalue weighted by molar-refractivity contribution is -0.101. The van der Waals surface area contributed by atoms with E-state index >= 15 is 0 Å². The van der Waals surface area contributed by atoms with E-state index in [1.54, 1.807) is 7.11 Å². The maximum absolute atomic E-state index is 10.0. The van der Waals surface area contributed by atoms with Gasteiger partial charge in [0.2, 0.25) is 11.7 Å². The Balaban J connectivity index is 1.81. The molecule has 0 bridgehead atoms. The summed E-state index contributed by atoms with van der Waals surface area (Å²) in [4.78, 5) is 4.45. The van der Waals surface area contributed by atoms with Crippen molar-refractivity contribution in [3.8, 4) is 0 Å². The molecular formula is C13H20N2O5. The highest BCUT2D eigenvalue weighted by molar-refractivity contribution is 5.06. The smallest absolute Gasteiger partial charge is 0.234 e. The number of aliphatic hydroxyl groups is 1. The third kappa shape index (κ3) is 2.46. The van der Waals surface area contributed by atoms with Crippen molar-refractivity contribution in [3.05, 3.63) is 11.7 Å². The molecule has 3 rings (SSSR count). The summed E-state index contributed by atoms with van der Waals surface area (Å²) in [5.74, 6) is 0.713. The van der Waals surface area contributed by atoms with Crippen molar-refractivity contribution in [2.24, 2.45) is 0 Å². The fourth-order valence-electron chi connectivity index (χ4n) is 2.75. The van der Waals surface area contributed by atoms with E-state index in [0.29, 0.717) is 57.4 Å². The minimum Gasteiger partial charge on any atom is -0.392 e. The van der Waals surface area contributed by atoms with Crippen molar-refractivity contribution in [2.45, 2.75) is 36.9 Å². The summed E-state index contributed by atoms with van der Waals surface area (Å²) in [5, 5.41) is 14.1. The first-order chi connectivity index (χ1) is 9.75. The third-order valence-electron chi connectivity index (χ3n) is 4.18. The molecule has 1 N–H and O–H groups in total. The van der Waals surface area contributed by atoms with Crippen LogP contribution in [-0.2, 0) is 19.8 Å². The highest BCUT2D eigenvalue weighted by Crippen LogP contribution is 2.35. The van der Waals surface area contributed by atoms with E-state index < -0.39 is 11.7 Å². The van der Waals surface area contributed by atoms with Gasteiger partial charge in [-0.2, -0.15) is 4.98 Å². The van der Waals surface area contributed by atoms with E-state index in [-0.39, 0.29) is 5.92 Å². The Kier molecular flexibility index (Phi) is 4.02. The third-order valence-corrected chi connectivity index (χ3v) is 4.18. The molecule has 7 heteroatoms. The second-order valence-corrected chi connectivity index (χ2v) is 5.30. The SMILES string of the molecule is COC1(c2noc(C3COCCC3O)n2)CCOCC1. The van der Waals surface area contributed by atoms with Crippen LogP contribution in [0.2, 0.25) is 0 Å². The maximum atomic E-state index is 10.0. The predicted octanol–water partition coefficient (Wildman–Crippen LogP) is 0.586. The van der Waals surface area contributed by atoms with Crippen molar-refractivity contribution in [1.82, 2.24) is 10.1 Å². The first-order valence-electron chi connectivity index (χ1n) is 6.98. The van der Waals surface area contributed by atoms with E-state index in [0.717, 1.165) is 0 Å². The van der Waals surface area contributed by atoms with Gasteiger partial charge in [0, 0.05) is 39.8 Å². The second kappa shape index (κ2) is 5.77. The minimum absolute atomic E-state index is 0.251. The molecule has 2 aliphatic rings. The first-order valence-corrected chi connectivity index (χ1v) is 6.98. The molecule has 112 valence electrons. The molecule has 2 aliphatic heterocycles. The number of hydrogen-bond donors (Lipinski definition) is 1. The predicted molar refractivity (Wildman–Crippen MR) is 67.2 cm³/mol. The highest BCUT2D eigenvalue weighted by Gasteiger charge is 2.40. The lowest BCUT2D eigenvalue weighted by Crippen LogP contribution is -2.37. The average molecular weight is 284 g/mol. The van der Waals surface area contributed by atoms with Crippen LogP contribution in [0.25, 0.3) is 0 Å². The van der Waals surface area contributed by atoms with E-state index in [1.165, 1.54) is 0 Å². The number of nitrogens with zero attached hydrogens (tertiary/aromatic N) is 2. The van der Waals surface area contributed by atoms with Crippen LogP contribution in [0, 0.1) is 0 Å². The molecule has 3 heterocycles. The summed E-state index contributed by atoms with van der Waals surface area (Å²) in [6, 6.07) is 0. The quantitative estimate of drug-likeness (QED) is 0.869. The van der Waals surface area contributed by atoms with Gasteiger partial charge in [-0.15, -0.1) is 0 Å². The monoisotopic (exact) mass is 284 g/mol. The Morgan fingerprint density at radius 3 is 2.75 bits per heavy atom. The van der Waals surface area contributed by atoms with E-state index in [2.05, 4.69) is 10.1 Å². The minimum atomic E-state index is -0.541. The Hall–Kier alpha value is -1.02. The fraction of sp³-hybridized carbons (Fsp3) is 0.846. The number of rotatable bonds is 3. The van der Waals surface area contributed by atoms with Crippen molar-refractivity contribution >= 4 is 0 Å². The maximum Gasteiger partial charge on any atom is 0.234 e. The molecule has 0 amide bonds. The highest BCUT2D eigenvalue weighted by atomic mass is 16.5. The molecule has 1 aromatic heterocycles. The summed E-state index contributed by atoms with van der Waals surface area (Å²) in [6.45, 7) is 2.21. The second-order valence-electron chi connectivity index (χ2n) is 5.30. The number of hydrogen-bond acceptors (Lipinski definition) is 7. The average Bonchev–Trinajstić information content (AvgIpc) is 2.98. The zero-order valence-electron chi connectivity index (χ0n) is 11.6. The molecule has 0 saturated carbocycles. The number of aromatic nitrogens is 2. The van der Waals surface area contributed by atoms with Crippen molar-refractivity contribution in [2.75, 3.05) is 33.5 Å². The van der Waals surface area contributed by atoms with Gasteiger partial charge in [0.05, 0.1) is 18.6 Å². The van der Waals surface area contributed by atoms with E-state index in [1.807, 2.05) is 0 Å². The molecule has 20 heavy (non-hydrogen) atoms. The molecule has 2 unspecified atom stereocenters. The van der Waals surface area contributed by atoms with Gasteiger partial charge in [-0.25, -0.2) is 0 Å². The lowest BCUT2D eigenvalue weighted by Gasteiger charge is -2.32. The van der Waals surface area contributed by atoms with Crippen molar-refractivity contribution < 1.29 is 23.8 Å². The Labute approximate surface area is 117 Å². The Morgan fingerprint density at radius 2 is 2.05 bits per heavy atom. The largest absolute Gasteiger partial charge is 0.392 e. The standard InChI is InChI=1S/C13H20N2O5/c1-17-13(3-6-18-7-4-13)12-14-11(20-15-12)9-8-19-5-2-10(9)16/h9-10,16H,2-8H2,1H3. The van der Waals surface area contributed by atoms with Crippen LogP contribution in [0.1, 0.15) is 36.9 Å². The molecule has 7 nitrogen and oxygen atoms in total. The summed E-state index contributed by atoms with van der Waals surface area (Å²) < 4.78 is 21.7. The first kappa shape index (κ1) is 13.9. The molecule has 1 aromatic rings. The van der Waals surface area contributed by atoms with Crippen LogP contribution in [0.4, 0.5) is 0 Å². The lowest BCUT2D eigenvalue weighted by atomic mass is 9.93. The zero-order chi connectivity index (χ0) is 14.0. The molecule has 2 fully saturated rings. The van der Waals surface area contributed by atoms with Crippen LogP contribution < -0.4 is 0 Å². The van der Waals surface area contributed by atoms with Gasteiger partial charge in [0.25, 0.3) is 0 Å². The van der Waals surface area contributed by atoms with E-state index in [4.69, 9.17) is 18.7 Å².